The minimum absolute atomic E-state index is 0.532. The molecule has 0 aliphatic carbocycles. The predicted octanol–water partition coefficient (Wildman–Crippen LogP) is 2.99. The van der Waals surface area contributed by atoms with Crippen molar-refractivity contribution in [2.24, 2.45) is 0 Å². The lowest BCUT2D eigenvalue weighted by Gasteiger charge is -2.31. The van der Waals surface area contributed by atoms with Crippen molar-refractivity contribution in [1.29, 1.82) is 0 Å². The van der Waals surface area contributed by atoms with Crippen molar-refractivity contribution in [3.8, 4) is 0 Å². The highest BCUT2D eigenvalue weighted by atomic mass is 15.2. The van der Waals surface area contributed by atoms with Crippen LogP contribution < -0.4 is 10.2 Å². The first kappa shape index (κ1) is 13.2. The number of hydrogen-bond acceptors (Lipinski definition) is 2. The maximum atomic E-state index is 3.74. The molecule has 98 valence electrons. The number of aryl methyl sites for hydroxylation is 1. The van der Waals surface area contributed by atoms with Crippen molar-refractivity contribution < 1.29 is 0 Å². The van der Waals surface area contributed by atoms with Gasteiger partial charge in [0, 0.05) is 31.4 Å². The maximum absolute atomic E-state index is 3.74. The lowest BCUT2D eigenvalue weighted by Crippen LogP contribution is -2.41. The summed E-state index contributed by atoms with van der Waals surface area (Å²) in [6, 6.07) is 9.39. The van der Waals surface area contributed by atoms with E-state index in [0.29, 0.717) is 6.04 Å². The monoisotopic (exact) mass is 244 g/mol. The summed E-state index contributed by atoms with van der Waals surface area (Å²) in [4.78, 5) is 2.55. The van der Waals surface area contributed by atoms with Crippen molar-refractivity contribution in [1.82, 2.24) is 5.32 Å². The van der Waals surface area contributed by atoms with Crippen molar-refractivity contribution in [3.63, 3.8) is 0 Å². The quantitative estimate of drug-likeness (QED) is 0.633. The molecule has 0 spiro atoms. The zero-order valence-electron chi connectivity index (χ0n) is 11.4. The maximum Gasteiger partial charge on any atom is 0.0401 e. The van der Waals surface area contributed by atoms with E-state index in [1.54, 1.807) is 0 Å². The molecule has 1 heterocycles. The number of fused-ring (bicyclic) bond motifs is 1. The van der Waals surface area contributed by atoms with E-state index in [2.05, 4.69) is 48.0 Å². The topological polar surface area (TPSA) is 15.3 Å². The molecule has 18 heavy (non-hydrogen) atoms. The average Bonchev–Trinajstić information content (AvgIpc) is 2.61. The number of benzene rings is 1. The minimum atomic E-state index is 0.532. The molecule has 1 N–H and O–H groups in total. The highest BCUT2D eigenvalue weighted by Gasteiger charge is 2.19. The smallest absolute Gasteiger partial charge is 0.0401 e. The van der Waals surface area contributed by atoms with E-state index in [9.17, 15) is 0 Å². The molecule has 2 nitrogen and oxygen atoms in total. The zero-order valence-corrected chi connectivity index (χ0v) is 11.4. The number of para-hydroxylation sites is 1. The normalized spacial score (nSPS) is 16.8. The second kappa shape index (κ2) is 6.60. The molecule has 1 aromatic rings. The third-order valence-corrected chi connectivity index (χ3v) is 3.66. The Balaban J connectivity index is 2.09. The third-order valence-electron chi connectivity index (χ3n) is 3.66. The van der Waals surface area contributed by atoms with Gasteiger partial charge in [-0.2, -0.15) is 0 Å². The van der Waals surface area contributed by atoms with Gasteiger partial charge < -0.3 is 10.2 Å². The van der Waals surface area contributed by atoms with Gasteiger partial charge in [-0.3, -0.25) is 0 Å². The van der Waals surface area contributed by atoms with Crippen LogP contribution in [-0.2, 0) is 6.42 Å². The van der Waals surface area contributed by atoms with Crippen molar-refractivity contribution in [3.05, 3.63) is 42.5 Å². The zero-order chi connectivity index (χ0) is 12.8. The van der Waals surface area contributed by atoms with Crippen LogP contribution in [0.5, 0.6) is 0 Å². The predicted molar refractivity (Wildman–Crippen MR) is 79.3 cm³/mol. The average molecular weight is 244 g/mol. The molecule has 0 radical (unpaired) electrons. The van der Waals surface area contributed by atoms with Crippen LogP contribution >= 0.6 is 0 Å². The Bertz CT molecular complexity index is 386. The van der Waals surface area contributed by atoms with Gasteiger partial charge in [-0.1, -0.05) is 24.3 Å². The summed E-state index contributed by atoms with van der Waals surface area (Å²) < 4.78 is 0. The van der Waals surface area contributed by atoms with Gasteiger partial charge in [0.25, 0.3) is 0 Å². The minimum Gasteiger partial charge on any atom is -0.367 e. The molecule has 2 rings (SSSR count). The van der Waals surface area contributed by atoms with Gasteiger partial charge in [-0.15, -0.1) is 6.58 Å². The number of rotatable bonds is 5. The van der Waals surface area contributed by atoms with Gasteiger partial charge >= 0.3 is 0 Å². The van der Waals surface area contributed by atoms with Crippen molar-refractivity contribution >= 4 is 5.69 Å². The summed E-state index contributed by atoms with van der Waals surface area (Å²) in [6.45, 7) is 9.13. The Morgan fingerprint density at radius 1 is 1.39 bits per heavy atom. The first-order chi connectivity index (χ1) is 8.83. The van der Waals surface area contributed by atoms with Crippen molar-refractivity contribution in [2.75, 3.05) is 24.5 Å². The number of nitrogens with zero attached hydrogens (tertiary/aromatic N) is 1. The molecular weight excluding hydrogens is 220 g/mol. The highest BCUT2D eigenvalue weighted by molar-refractivity contribution is 5.55. The summed E-state index contributed by atoms with van der Waals surface area (Å²) in [7, 11) is 0. The molecule has 1 aliphatic rings. The summed E-state index contributed by atoms with van der Waals surface area (Å²) in [5, 5.41) is 3.42. The molecule has 1 aliphatic heterocycles. The molecule has 0 aromatic heterocycles. The van der Waals surface area contributed by atoms with Crippen LogP contribution in [0.25, 0.3) is 0 Å². The molecule has 1 unspecified atom stereocenters. The lowest BCUT2D eigenvalue weighted by atomic mass is 10.1. The fraction of sp³-hybridized carbons (Fsp3) is 0.500. The second-order valence-electron chi connectivity index (χ2n) is 5.08. The largest absolute Gasteiger partial charge is 0.367 e. The number of anilines is 1. The molecule has 0 amide bonds. The first-order valence-corrected chi connectivity index (χ1v) is 6.99. The van der Waals surface area contributed by atoms with Crippen LogP contribution in [0.3, 0.4) is 0 Å². The fourth-order valence-corrected chi connectivity index (χ4v) is 2.68. The van der Waals surface area contributed by atoms with E-state index in [1.165, 1.54) is 37.1 Å². The van der Waals surface area contributed by atoms with Gasteiger partial charge in [-0.25, -0.2) is 0 Å². The summed E-state index contributed by atoms with van der Waals surface area (Å²) in [6.07, 6.45) is 5.74. The van der Waals surface area contributed by atoms with Gasteiger partial charge in [0.1, 0.15) is 0 Å². The number of hydrogen-bond donors (Lipinski definition) is 1. The van der Waals surface area contributed by atoms with E-state index >= 15 is 0 Å². The van der Waals surface area contributed by atoms with Gasteiger partial charge in [-0.05, 0) is 37.8 Å². The van der Waals surface area contributed by atoms with Gasteiger partial charge in [0.05, 0.1) is 0 Å². The standard InChI is InChI=1S/C16H24N2/c1-3-11-17-13-14(2)18-12-7-6-9-15-8-4-5-10-16(15)18/h3-5,8,10,14,17H,1,6-7,9,11-13H2,2H3. The van der Waals surface area contributed by atoms with Gasteiger partial charge in [0.2, 0.25) is 0 Å². The molecule has 1 aromatic carbocycles. The lowest BCUT2D eigenvalue weighted by molar-refractivity contribution is 0.572. The fourth-order valence-electron chi connectivity index (χ4n) is 2.68. The van der Waals surface area contributed by atoms with Crippen LogP contribution in [-0.4, -0.2) is 25.7 Å². The Kier molecular flexibility index (Phi) is 4.82. The highest BCUT2D eigenvalue weighted by Crippen LogP contribution is 2.27. The second-order valence-corrected chi connectivity index (χ2v) is 5.08. The van der Waals surface area contributed by atoms with E-state index in [4.69, 9.17) is 0 Å². The Hall–Kier alpha value is -1.28. The summed E-state index contributed by atoms with van der Waals surface area (Å²) in [5.74, 6) is 0. The van der Waals surface area contributed by atoms with Crippen LogP contribution in [0.15, 0.2) is 36.9 Å². The Morgan fingerprint density at radius 3 is 3.06 bits per heavy atom. The van der Waals surface area contributed by atoms with Crippen LogP contribution in [0.4, 0.5) is 5.69 Å². The molecule has 0 fully saturated rings. The molecule has 0 saturated carbocycles. The molecule has 2 heteroatoms. The van der Waals surface area contributed by atoms with Crippen LogP contribution in [0.2, 0.25) is 0 Å². The van der Waals surface area contributed by atoms with E-state index in [-0.39, 0.29) is 0 Å². The SMILES string of the molecule is C=CCNCC(C)N1CCCCc2ccccc21. The van der Waals surface area contributed by atoms with Crippen LogP contribution in [0.1, 0.15) is 25.3 Å². The summed E-state index contributed by atoms with van der Waals surface area (Å²) >= 11 is 0. The third kappa shape index (κ3) is 3.14. The molecule has 0 saturated heterocycles. The van der Waals surface area contributed by atoms with E-state index < -0.39 is 0 Å². The van der Waals surface area contributed by atoms with Gasteiger partial charge in [0.15, 0.2) is 0 Å². The Morgan fingerprint density at radius 2 is 2.22 bits per heavy atom. The van der Waals surface area contributed by atoms with Crippen LogP contribution in [0, 0.1) is 0 Å². The molecule has 1 atom stereocenters. The first-order valence-electron chi connectivity index (χ1n) is 6.99. The summed E-state index contributed by atoms with van der Waals surface area (Å²) in [5.41, 5.74) is 2.94. The molecule has 0 bridgehead atoms. The Labute approximate surface area is 111 Å². The molecular formula is C16H24N2. The van der Waals surface area contributed by atoms with E-state index in [1.807, 2.05) is 6.08 Å². The van der Waals surface area contributed by atoms with Crippen molar-refractivity contribution in [2.45, 2.75) is 32.2 Å². The van der Waals surface area contributed by atoms with E-state index in [0.717, 1.165) is 13.1 Å². The number of nitrogens with one attached hydrogen (secondary N) is 1.